The number of thioether (sulfide) groups is 2. The van der Waals surface area contributed by atoms with Gasteiger partial charge >= 0.3 is 10.3 Å². The smallest absolute Gasteiger partial charge is 0.363 e. The first-order valence-electron chi connectivity index (χ1n) is 8.91. The molecule has 1 aromatic heterocycles. The number of oxime groups is 1. The van der Waals surface area contributed by atoms with E-state index in [1.807, 2.05) is 6.92 Å². The van der Waals surface area contributed by atoms with Crippen LogP contribution in [0.1, 0.15) is 19.0 Å². The minimum Gasteiger partial charge on any atom is -0.398 e. The first-order valence-corrected chi connectivity index (χ1v) is 14.0. The summed E-state index contributed by atoms with van der Waals surface area (Å²) in [6.45, 7) is 1.93. The number of carbonyl (C=O) groups is 3. The summed E-state index contributed by atoms with van der Waals surface area (Å²) >= 11 is 13.8. The Labute approximate surface area is 212 Å². The number of amides is 3. The van der Waals surface area contributed by atoms with Gasteiger partial charge in [-0.25, -0.2) is 4.98 Å². The highest BCUT2D eigenvalue weighted by molar-refractivity contribution is 8.47. The monoisotopic (exact) mass is 575 g/mol. The lowest BCUT2D eigenvalue weighted by Gasteiger charge is -2.43. The highest BCUT2D eigenvalue weighted by Gasteiger charge is 2.55. The molecule has 3 amide bonds. The third-order valence-electron chi connectivity index (χ3n) is 3.69. The van der Waals surface area contributed by atoms with Crippen LogP contribution in [0.2, 0.25) is 0 Å². The quantitative estimate of drug-likeness (QED) is 0.0918. The van der Waals surface area contributed by atoms with Gasteiger partial charge in [0.1, 0.15) is 33.6 Å². The minimum absolute atomic E-state index is 0.0286. The summed E-state index contributed by atoms with van der Waals surface area (Å²) in [4.78, 5) is 45.4. The molecule has 0 bridgehead atoms. The molecule has 0 radical (unpaired) electrons. The number of hydrogen-bond donors (Lipinski definition) is 3. The molecule has 0 aliphatic carbocycles. The second kappa shape index (κ2) is 12.3. The molecule has 0 saturated carbocycles. The number of nitrogens with one attached hydrogen (secondary N) is 2. The van der Waals surface area contributed by atoms with Gasteiger partial charge in [-0.2, -0.15) is 12.7 Å². The molecule has 0 spiro atoms. The fourth-order valence-electron chi connectivity index (χ4n) is 2.35. The molecule has 18 heteroatoms. The Kier molecular flexibility index (Phi) is 10.3. The summed E-state index contributed by atoms with van der Waals surface area (Å²) in [7, 11) is -3.68. The number of thiocarbonyl (C=S) groups is 1. The molecule has 12 nitrogen and oxygen atoms in total. The Morgan fingerprint density at radius 2 is 2.18 bits per heavy atom. The van der Waals surface area contributed by atoms with Crippen LogP contribution in [-0.4, -0.2) is 79.4 Å². The second-order valence-corrected chi connectivity index (χ2v) is 11.8. The molecular weight excluding hydrogens is 558 g/mol. The van der Waals surface area contributed by atoms with E-state index in [0.29, 0.717) is 9.28 Å². The summed E-state index contributed by atoms with van der Waals surface area (Å²) in [6, 6.07) is -1.32. The normalized spacial score (nSPS) is 18.5. The van der Waals surface area contributed by atoms with Crippen molar-refractivity contribution in [2.75, 3.05) is 24.1 Å². The van der Waals surface area contributed by atoms with Crippen molar-refractivity contribution in [3.8, 4) is 0 Å². The lowest BCUT2D eigenvalue weighted by molar-refractivity contribution is -0.140. The highest BCUT2D eigenvalue weighted by atomic mass is 35.5. The van der Waals surface area contributed by atoms with Crippen LogP contribution >= 0.6 is 58.7 Å². The van der Waals surface area contributed by atoms with Gasteiger partial charge in [-0.3, -0.25) is 18.9 Å². The molecule has 1 aliphatic rings. The first-order chi connectivity index (χ1) is 15.5. The van der Waals surface area contributed by atoms with E-state index in [4.69, 9.17) is 23.8 Å². The number of carbonyl (C=O) groups excluding carboxylic acids is 3. The van der Waals surface area contributed by atoms with Gasteiger partial charge in [0.2, 0.25) is 5.91 Å². The average molecular weight is 576 g/mol. The third kappa shape index (κ3) is 7.24. The van der Waals surface area contributed by atoms with Crippen LogP contribution < -0.4 is 10.6 Å². The molecule has 2 heterocycles. The molecule has 2 atom stereocenters. The topological polar surface area (TPSA) is 167 Å². The molecule has 1 fully saturated rings. The van der Waals surface area contributed by atoms with Crippen molar-refractivity contribution in [3.63, 3.8) is 0 Å². The van der Waals surface area contributed by atoms with Gasteiger partial charge in [-0.1, -0.05) is 36.1 Å². The van der Waals surface area contributed by atoms with Crippen molar-refractivity contribution in [1.29, 1.82) is 0 Å². The van der Waals surface area contributed by atoms with Gasteiger partial charge in [0, 0.05) is 5.38 Å². The summed E-state index contributed by atoms with van der Waals surface area (Å²) in [6.07, 6.45) is 0.814. The number of rotatable bonds is 10. The van der Waals surface area contributed by atoms with Gasteiger partial charge in [-0.15, -0.1) is 34.7 Å². The Balaban J connectivity index is 2.21. The number of aromatic nitrogens is 1. The van der Waals surface area contributed by atoms with Crippen LogP contribution in [0.4, 0.5) is 5.13 Å². The van der Waals surface area contributed by atoms with Gasteiger partial charge in [0.25, 0.3) is 11.8 Å². The van der Waals surface area contributed by atoms with Gasteiger partial charge < -0.3 is 15.5 Å². The van der Waals surface area contributed by atoms with Crippen molar-refractivity contribution in [2.24, 2.45) is 5.16 Å². The van der Waals surface area contributed by atoms with Crippen molar-refractivity contribution >= 4 is 101 Å². The zero-order chi connectivity index (χ0) is 24.8. The van der Waals surface area contributed by atoms with Crippen LogP contribution in [0.5, 0.6) is 0 Å². The van der Waals surface area contributed by atoms with Gasteiger partial charge in [0.15, 0.2) is 10.8 Å². The van der Waals surface area contributed by atoms with Crippen molar-refractivity contribution in [1.82, 2.24) is 14.6 Å². The van der Waals surface area contributed by atoms with Crippen molar-refractivity contribution in [2.45, 2.75) is 24.8 Å². The van der Waals surface area contributed by atoms with Crippen LogP contribution in [0.15, 0.2) is 10.5 Å². The Morgan fingerprint density at radius 1 is 1.48 bits per heavy atom. The van der Waals surface area contributed by atoms with E-state index < -0.39 is 39.4 Å². The molecular formula is C15H18ClN5O7S5. The van der Waals surface area contributed by atoms with Crippen molar-refractivity contribution in [3.05, 3.63) is 11.1 Å². The molecule has 1 saturated heterocycles. The largest absolute Gasteiger partial charge is 0.398 e. The minimum atomic E-state index is -4.87. The number of halogens is 1. The SMILES string of the molecule is CCCSC(=S)SC1[C@H](NC(=O)C(=NOC)c2csc(NC(=O)CCl)n2)C(=O)N1S(=O)(=O)O. The van der Waals surface area contributed by atoms with Crippen LogP contribution in [0.25, 0.3) is 0 Å². The number of hydrogen-bond acceptors (Lipinski definition) is 12. The third-order valence-corrected chi connectivity index (χ3v) is 8.78. The standard InChI is InChI=1S/C15H18ClN5O7S5/c1-3-4-30-15(29)32-13-10(12(24)21(13)33(25,26)27)19-11(23)9(20-28-2)7-6-31-14(17-7)18-8(22)5-16/h6,10,13H,3-5H2,1-2H3,(H,19,23)(H,17,18,22)(H,25,26,27)/t10-,13?/m1/s1. The van der Waals surface area contributed by atoms with Crippen molar-refractivity contribution < 1.29 is 32.2 Å². The number of anilines is 1. The lowest BCUT2D eigenvalue weighted by atomic mass is 10.1. The predicted octanol–water partition coefficient (Wildman–Crippen LogP) is 1.29. The molecule has 1 unspecified atom stereocenters. The van der Waals surface area contributed by atoms with E-state index in [1.54, 1.807) is 0 Å². The van der Waals surface area contributed by atoms with Gasteiger partial charge in [0.05, 0.1) is 0 Å². The zero-order valence-electron chi connectivity index (χ0n) is 17.0. The molecule has 33 heavy (non-hydrogen) atoms. The number of thiazole rings is 1. The number of nitrogens with zero attached hydrogens (tertiary/aromatic N) is 3. The fourth-order valence-corrected chi connectivity index (χ4v) is 6.76. The van der Waals surface area contributed by atoms with Crippen LogP contribution in [0, 0.1) is 0 Å². The molecule has 0 aromatic carbocycles. The molecule has 1 aliphatic heterocycles. The maximum Gasteiger partial charge on any atom is 0.363 e. The highest BCUT2D eigenvalue weighted by Crippen LogP contribution is 2.36. The maximum atomic E-state index is 12.8. The van der Waals surface area contributed by atoms with E-state index in [2.05, 4.69) is 25.6 Å². The Morgan fingerprint density at radius 3 is 2.76 bits per heavy atom. The van der Waals surface area contributed by atoms with E-state index in [0.717, 1.165) is 29.5 Å². The van der Waals surface area contributed by atoms with Gasteiger partial charge in [-0.05, 0) is 12.2 Å². The maximum absolute atomic E-state index is 12.8. The Bertz CT molecular complexity index is 1060. The predicted molar refractivity (Wildman–Crippen MR) is 132 cm³/mol. The lowest BCUT2D eigenvalue weighted by Crippen LogP contribution is -2.71. The fraction of sp³-hybridized carbons (Fsp3) is 0.467. The van der Waals surface area contributed by atoms with E-state index in [-0.39, 0.29) is 26.7 Å². The summed E-state index contributed by atoms with van der Waals surface area (Å²) < 4.78 is 33.2. The molecule has 2 rings (SSSR count). The average Bonchev–Trinajstić information content (AvgIpc) is 3.20. The van der Waals surface area contributed by atoms with Crippen LogP contribution in [-0.2, 0) is 29.5 Å². The van der Waals surface area contributed by atoms with E-state index >= 15 is 0 Å². The van der Waals surface area contributed by atoms with Crippen LogP contribution in [0.3, 0.4) is 0 Å². The first kappa shape index (κ1) is 27.7. The van der Waals surface area contributed by atoms with E-state index in [1.165, 1.54) is 24.3 Å². The van der Waals surface area contributed by atoms with E-state index in [9.17, 15) is 27.4 Å². The Hall–Kier alpha value is -1.50. The zero-order valence-corrected chi connectivity index (χ0v) is 21.8. The number of alkyl halides is 1. The molecule has 3 N–H and O–H groups in total. The summed E-state index contributed by atoms with van der Waals surface area (Å²) in [5.41, 5.74) is -0.300. The molecule has 1 aromatic rings. The second-order valence-electron chi connectivity index (χ2n) is 6.01. The summed E-state index contributed by atoms with van der Waals surface area (Å²) in [5, 5.41) is 8.79. The summed E-state index contributed by atoms with van der Waals surface area (Å²) in [5.74, 6) is -2.07. The number of β-lactam (4-membered cyclic amide) rings is 1. The molecule has 182 valence electrons.